The summed E-state index contributed by atoms with van der Waals surface area (Å²) >= 11 is 0. The average molecular weight is 264 g/mol. The largest absolute Gasteiger partial charge is 0.458 e. The summed E-state index contributed by atoms with van der Waals surface area (Å²) in [7, 11) is 0. The SMILES string of the molecule is CCC(=O)O[C@H](C(=O)OCc1ccccc1)C(C)C. The molecule has 1 aromatic carbocycles. The number of esters is 2. The van der Waals surface area contributed by atoms with Gasteiger partial charge in [0.25, 0.3) is 0 Å². The first kappa shape index (κ1) is 15.2. The van der Waals surface area contributed by atoms with Gasteiger partial charge in [0.05, 0.1) is 0 Å². The van der Waals surface area contributed by atoms with E-state index in [1.54, 1.807) is 6.92 Å². The summed E-state index contributed by atoms with van der Waals surface area (Å²) in [6, 6.07) is 9.39. The Labute approximate surface area is 113 Å². The van der Waals surface area contributed by atoms with Gasteiger partial charge in [-0.2, -0.15) is 0 Å². The third kappa shape index (κ3) is 5.12. The summed E-state index contributed by atoms with van der Waals surface area (Å²) in [5.41, 5.74) is 0.903. The molecule has 104 valence electrons. The van der Waals surface area contributed by atoms with E-state index in [-0.39, 0.29) is 18.9 Å². The fourth-order valence-electron chi connectivity index (χ4n) is 1.49. The quantitative estimate of drug-likeness (QED) is 0.741. The maximum atomic E-state index is 11.9. The zero-order valence-electron chi connectivity index (χ0n) is 11.6. The van der Waals surface area contributed by atoms with Crippen LogP contribution in [0.2, 0.25) is 0 Å². The molecule has 4 heteroatoms. The fourth-order valence-corrected chi connectivity index (χ4v) is 1.49. The van der Waals surface area contributed by atoms with Crippen LogP contribution in [0.5, 0.6) is 0 Å². The minimum absolute atomic E-state index is 0.112. The summed E-state index contributed by atoms with van der Waals surface area (Å²) in [4.78, 5) is 23.2. The van der Waals surface area contributed by atoms with Crippen molar-refractivity contribution < 1.29 is 19.1 Å². The van der Waals surface area contributed by atoms with E-state index >= 15 is 0 Å². The van der Waals surface area contributed by atoms with Crippen molar-refractivity contribution in [3.8, 4) is 0 Å². The van der Waals surface area contributed by atoms with Crippen LogP contribution in [0, 0.1) is 5.92 Å². The maximum absolute atomic E-state index is 11.9. The second-order valence-electron chi connectivity index (χ2n) is 4.60. The third-order valence-electron chi connectivity index (χ3n) is 2.61. The molecule has 0 bridgehead atoms. The highest BCUT2D eigenvalue weighted by molar-refractivity contribution is 5.79. The van der Waals surface area contributed by atoms with Gasteiger partial charge in [-0.15, -0.1) is 0 Å². The van der Waals surface area contributed by atoms with Crippen molar-refractivity contribution in [2.75, 3.05) is 0 Å². The number of hydrogen-bond donors (Lipinski definition) is 0. The molecule has 19 heavy (non-hydrogen) atoms. The highest BCUT2D eigenvalue weighted by Crippen LogP contribution is 2.11. The Morgan fingerprint density at radius 3 is 2.32 bits per heavy atom. The van der Waals surface area contributed by atoms with Crippen LogP contribution < -0.4 is 0 Å². The summed E-state index contributed by atoms with van der Waals surface area (Å²) in [5.74, 6) is -1.00. The van der Waals surface area contributed by atoms with Gasteiger partial charge in [-0.1, -0.05) is 51.1 Å². The van der Waals surface area contributed by atoms with Crippen molar-refractivity contribution in [3.05, 3.63) is 35.9 Å². The Kier molecular flexibility index (Phi) is 6.06. The lowest BCUT2D eigenvalue weighted by Gasteiger charge is -2.19. The molecule has 0 amide bonds. The van der Waals surface area contributed by atoms with Crippen molar-refractivity contribution in [1.29, 1.82) is 0 Å². The van der Waals surface area contributed by atoms with Crippen LogP contribution in [0.4, 0.5) is 0 Å². The number of rotatable bonds is 6. The van der Waals surface area contributed by atoms with E-state index in [9.17, 15) is 9.59 Å². The lowest BCUT2D eigenvalue weighted by atomic mass is 10.1. The third-order valence-corrected chi connectivity index (χ3v) is 2.61. The molecule has 4 nitrogen and oxygen atoms in total. The lowest BCUT2D eigenvalue weighted by molar-refractivity contribution is -0.171. The number of carbonyl (C=O) groups is 2. The van der Waals surface area contributed by atoms with Crippen LogP contribution in [-0.4, -0.2) is 18.0 Å². The van der Waals surface area contributed by atoms with Crippen molar-refractivity contribution in [2.45, 2.75) is 39.9 Å². The number of benzene rings is 1. The lowest BCUT2D eigenvalue weighted by Crippen LogP contribution is -2.33. The van der Waals surface area contributed by atoms with Crippen LogP contribution in [0.1, 0.15) is 32.8 Å². The molecule has 0 aliphatic carbocycles. The fraction of sp³-hybridized carbons (Fsp3) is 0.467. The second kappa shape index (κ2) is 7.56. The van der Waals surface area contributed by atoms with Crippen molar-refractivity contribution in [2.24, 2.45) is 5.92 Å². The van der Waals surface area contributed by atoms with Gasteiger partial charge in [-0.25, -0.2) is 4.79 Å². The van der Waals surface area contributed by atoms with E-state index in [1.807, 2.05) is 44.2 Å². The van der Waals surface area contributed by atoms with E-state index in [0.717, 1.165) is 5.56 Å². The van der Waals surface area contributed by atoms with E-state index < -0.39 is 18.0 Å². The van der Waals surface area contributed by atoms with E-state index in [4.69, 9.17) is 9.47 Å². The predicted octanol–water partition coefficient (Wildman–Crippen LogP) is 2.71. The highest BCUT2D eigenvalue weighted by Gasteiger charge is 2.27. The molecular formula is C15H20O4. The van der Waals surface area contributed by atoms with Gasteiger partial charge in [-0.05, 0) is 5.56 Å². The molecule has 0 unspecified atom stereocenters. The molecule has 0 radical (unpaired) electrons. The van der Waals surface area contributed by atoms with Gasteiger partial charge in [-0.3, -0.25) is 4.79 Å². The Balaban J connectivity index is 2.55. The van der Waals surface area contributed by atoms with Gasteiger partial charge < -0.3 is 9.47 Å². The summed E-state index contributed by atoms with van der Waals surface area (Å²) in [5, 5.41) is 0. The molecule has 0 saturated carbocycles. The Hall–Kier alpha value is -1.84. The predicted molar refractivity (Wildman–Crippen MR) is 71.2 cm³/mol. The number of carbonyl (C=O) groups excluding carboxylic acids is 2. The average Bonchev–Trinajstić information content (AvgIpc) is 2.42. The molecule has 0 heterocycles. The second-order valence-corrected chi connectivity index (χ2v) is 4.60. The first-order chi connectivity index (χ1) is 9.04. The first-order valence-electron chi connectivity index (χ1n) is 6.44. The van der Waals surface area contributed by atoms with E-state index in [2.05, 4.69) is 0 Å². The van der Waals surface area contributed by atoms with Gasteiger partial charge in [0.2, 0.25) is 6.10 Å². The maximum Gasteiger partial charge on any atom is 0.348 e. The molecule has 1 atom stereocenters. The summed E-state index contributed by atoms with van der Waals surface area (Å²) in [6.45, 7) is 5.51. The molecule has 0 saturated heterocycles. The highest BCUT2D eigenvalue weighted by atomic mass is 16.6. The summed E-state index contributed by atoms with van der Waals surface area (Å²) < 4.78 is 10.3. The molecular weight excluding hydrogens is 244 g/mol. The Morgan fingerprint density at radius 2 is 1.79 bits per heavy atom. The molecule has 0 spiro atoms. The number of ether oxygens (including phenoxy) is 2. The molecule has 0 aromatic heterocycles. The minimum atomic E-state index is -0.837. The van der Waals surface area contributed by atoms with Crippen LogP contribution in [0.25, 0.3) is 0 Å². The normalized spacial score (nSPS) is 12.0. The zero-order chi connectivity index (χ0) is 14.3. The van der Waals surface area contributed by atoms with Crippen LogP contribution in [0.15, 0.2) is 30.3 Å². The molecule has 0 fully saturated rings. The van der Waals surface area contributed by atoms with Gasteiger partial charge >= 0.3 is 11.9 Å². The summed E-state index contributed by atoms with van der Waals surface area (Å²) in [6.07, 6.45) is -0.592. The van der Waals surface area contributed by atoms with Crippen LogP contribution in [-0.2, 0) is 25.7 Å². The standard InChI is InChI=1S/C15H20O4/c1-4-13(16)19-14(11(2)3)15(17)18-10-12-8-6-5-7-9-12/h5-9,11,14H,4,10H2,1-3H3/t14-/m0/s1. The molecule has 0 aliphatic heterocycles. The van der Waals surface area contributed by atoms with E-state index in [0.29, 0.717) is 0 Å². The first-order valence-corrected chi connectivity index (χ1v) is 6.44. The molecule has 1 rings (SSSR count). The van der Waals surface area contributed by atoms with Crippen LogP contribution >= 0.6 is 0 Å². The van der Waals surface area contributed by atoms with E-state index in [1.165, 1.54) is 0 Å². The monoisotopic (exact) mass is 264 g/mol. The molecule has 1 aromatic rings. The smallest absolute Gasteiger partial charge is 0.348 e. The Morgan fingerprint density at radius 1 is 1.16 bits per heavy atom. The number of hydrogen-bond acceptors (Lipinski definition) is 4. The van der Waals surface area contributed by atoms with Crippen molar-refractivity contribution in [1.82, 2.24) is 0 Å². The zero-order valence-corrected chi connectivity index (χ0v) is 11.6. The van der Waals surface area contributed by atoms with Crippen LogP contribution in [0.3, 0.4) is 0 Å². The molecule has 0 aliphatic rings. The van der Waals surface area contributed by atoms with Crippen molar-refractivity contribution in [3.63, 3.8) is 0 Å². The van der Waals surface area contributed by atoms with Crippen molar-refractivity contribution >= 4 is 11.9 Å². The topological polar surface area (TPSA) is 52.6 Å². The van der Waals surface area contributed by atoms with Gasteiger partial charge in [0.15, 0.2) is 0 Å². The van der Waals surface area contributed by atoms with Gasteiger partial charge in [0, 0.05) is 12.3 Å². The van der Waals surface area contributed by atoms with Gasteiger partial charge in [0.1, 0.15) is 6.61 Å². The minimum Gasteiger partial charge on any atom is -0.458 e. The molecule has 0 N–H and O–H groups in total. The Bertz CT molecular complexity index is 411.